The third-order valence-electron chi connectivity index (χ3n) is 5.26. The van der Waals surface area contributed by atoms with Crippen LogP contribution < -0.4 is 15.8 Å². The number of carbonyl (C=O) groups excluding carboxylic acids is 1. The standard InChI is InChI=1S/C23H25ClN8O2/c1-32(2)12-16-5-4-15(10-17(16)24)19-20(30-31-29-19)21(25)28-22(26)23(33)27-11-13-3-6-18-14(9-13)7-8-34-18/h3-6,9-10H,7-8,11-12H2,1-2H3,(H,27,33)(H3,25,26,28)(H,29,30,31). The molecule has 1 aromatic heterocycles. The second-order valence-corrected chi connectivity index (χ2v) is 8.54. The molecule has 5 N–H and O–H groups in total. The third kappa shape index (κ3) is 5.24. The Balaban J connectivity index is 1.44. The van der Waals surface area contributed by atoms with Gasteiger partial charge in [0.05, 0.1) is 6.61 Å². The summed E-state index contributed by atoms with van der Waals surface area (Å²) >= 11 is 6.42. The molecule has 0 atom stereocenters. The number of nitrogens with two attached hydrogens (primary N) is 1. The van der Waals surface area contributed by atoms with Crippen molar-refractivity contribution in [2.45, 2.75) is 19.5 Å². The van der Waals surface area contributed by atoms with Crippen molar-refractivity contribution in [3.8, 4) is 17.0 Å². The smallest absolute Gasteiger partial charge is 0.286 e. The molecule has 11 heteroatoms. The number of hydrogen-bond acceptors (Lipinski definition) is 6. The van der Waals surface area contributed by atoms with Crippen LogP contribution in [0.25, 0.3) is 11.3 Å². The molecule has 3 aromatic rings. The molecule has 0 saturated carbocycles. The minimum absolute atomic E-state index is 0.158. The maximum Gasteiger partial charge on any atom is 0.286 e. The van der Waals surface area contributed by atoms with E-state index in [1.165, 1.54) is 0 Å². The zero-order valence-electron chi connectivity index (χ0n) is 18.9. The molecule has 176 valence electrons. The largest absolute Gasteiger partial charge is 0.493 e. The number of benzene rings is 2. The highest BCUT2D eigenvalue weighted by Crippen LogP contribution is 2.27. The number of rotatable bonds is 6. The highest BCUT2D eigenvalue weighted by molar-refractivity contribution is 6.39. The SMILES string of the molecule is CN(C)Cc1ccc(-c2n[nH]nc2C(=N)N=C(N)C(=O)NCc2ccc3c(c2)CCO3)cc1Cl. The minimum Gasteiger partial charge on any atom is -0.493 e. The van der Waals surface area contributed by atoms with Crippen molar-refractivity contribution >= 4 is 29.2 Å². The van der Waals surface area contributed by atoms with Crippen LogP contribution in [0.5, 0.6) is 5.75 Å². The van der Waals surface area contributed by atoms with E-state index in [0.29, 0.717) is 29.4 Å². The Hall–Kier alpha value is -3.76. The molecule has 0 spiro atoms. The summed E-state index contributed by atoms with van der Waals surface area (Å²) < 4.78 is 5.49. The van der Waals surface area contributed by atoms with Gasteiger partial charge in [-0.05, 0) is 42.9 Å². The average Bonchev–Trinajstić information content (AvgIpc) is 3.47. The summed E-state index contributed by atoms with van der Waals surface area (Å²) in [6, 6.07) is 11.3. The first kappa shape index (κ1) is 23.4. The number of ether oxygens (including phenoxy) is 1. The first-order valence-corrected chi connectivity index (χ1v) is 11.0. The van der Waals surface area contributed by atoms with E-state index < -0.39 is 5.91 Å². The molecular weight excluding hydrogens is 456 g/mol. The minimum atomic E-state index is -0.581. The average molecular weight is 481 g/mol. The Morgan fingerprint density at radius 1 is 1.29 bits per heavy atom. The molecule has 10 nitrogen and oxygen atoms in total. The van der Waals surface area contributed by atoms with Gasteiger partial charge in [0.1, 0.15) is 11.4 Å². The Labute approximate surface area is 201 Å². The van der Waals surface area contributed by atoms with Crippen LogP contribution in [-0.2, 0) is 24.3 Å². The van der Waals surface area contributed by atoms with Gasteiger partial charge in [-0.1, -0.05) is 35.9 Å². The fraction of sp³-hybridized carbons (Fsp3) is 0.261. The zero-order chi connectivity index (χ0) is 24.2. The summed E-state index contributed by atoms with van der Waals surface area (Å²) in [5.74, 6) is -0.341. The van der Waals surface area contributed by atoms with E-state index in [4.69, 9.17) is 27.5 Å². The van der Waals surface area contributed by atoms with Crippen LogP contribution in [0, 0.1) is 5.41 Å². The fourth-order valence-corrected chi connectivity index (χ4v) is 3.85. The van der Waals surface area contributed by atoms with Crippen molar-refractivity contribution in [3.05, 3.63) is 63.8 Å². The van der Waals surface area contributed by atoms with Crippen molar-refractivity contribution in [1.82, 2.24) is 25.6 Å². The normalized spacial score (nSPS) is 13.0. The van der Waals surface area contributed by atoms with E-state index in [0.717, 1.165) is 28.9 Å². The molecule has 0 saturated heterocycles. The molecule has 0 fully saturated rings. The first-order chi connectivity index (χ1) is 16.3. The van der Waals surface area contributed by atoms with Crippen LogP contribution in [0.4, 0.5) is 0 Å². The number of fused-ring (bicyclic) bond motifs is 1. The molecule has 34 heavy (non-hydrogen) atoms. The quantitative estimate of drug-likeness (QED) is 0.314. The number of carbonyl (C=O) groups is 1. The van der Waals surface area contributed by atoms with E-state index in [-0.39, 0.29) is 23.9 Å². The van der Waals surface area contributed by atoms with Crippen LogP contribution in [0.2, 0.25) is 5.02 Å². The number of hydrogen-bond donors (Lipinski definition) is 4. The van der Waals surface area contributed by atoms with Crippen molar-refractivity contribution in [3.63, 3.8) is 0 Å². The first-order valence-electron chi connectivity index (χ1n) is 10.6. The van der Waals surface area contributed by atoms with E-state index >= 15 is 0 Å². The third-order valence-corrected chi connectivity index (χ3v) is 5.61. The van der Waals surface area contributed by atoms with Gasteiger partial charge in [-0.2, -0.15) is 15.4 Å². The molecule has 0 aliphatic carbocycles. The van der Waals surface area contributed by atoms with Gasteiger partial charge in [0, 0.05) is 30.1 Å². The second kappa shape index (κ2) is 10.0. The van der Waals surface area contributed by atoms with Gasteiger partial charge in [0.25, 0.3) is 5.91 Å². The maximum atomic E-state index is 12.4. The Morgan fingerprint density at radius 2 is 2.12 bits per heavy atom. The predicted molar refractivity (Wildman–Crippen MR) is 130 cm³/mol. The number of nitrogens with zero attached hydrogens (tertiary/aromatic N) is 4. The number of H-pyrrole nitrogens is 1. The van der Waals surface area contributed by atoms with Gasteiger partial charge in [0.2, 0.25) is 0 Å². The lowest BCUT2D eigenvalue weighted by molar-refractivity contribution is -0.115. The highest BCUT2D eigenvalue weighted by atomic mass is 35.5. The summed E-state index contributed by atoms with van der Waals surface area (Å²) in [5, 5.41) is 22.2. The van der Waals surface area contributed by atoms with Crippen molar-refractivity contribution < 1.29 is 9.53 Å². The van der Waals surface area contributed by atoms with Gasteiger partial charge >= 0.3 is 0 Å². The number of amides is 1. The number of halogens is 1. The number of amidine groups is 2. The summed E-state index contributed by atoms with van der Waals surface area (Å²) in [4.78, 5) is 18.4. The van der Waals surface area contributed by atoms with Crippen molar-refractivity contribution in [2.75, 3.05) is 20.7 Å². The molecule has 1 aliphatic rings. The van der Waals surface area contributed by atoms with Gasteiger partial charge in [0.15, 0.2) is 17.4 Å². The Morgan fingerprint density at radius 3 is 2.88 bits per heavy atom. The molecular formula is C23H25ClN8O2. The zero-order valence-corrected chi connectivity index (χ0v) is 19.6. The van der Waals surface area contributed by atoms with Crippen LogP contribution in [-0.4, -0.2) is 58.6 Å². The summed E-state index contributed by atoms with van der Waals surface area (Å²) in [6.45, 7) is 1.64. The van der Waals surface area contributed by atoms with Gasteiger partial charge in [-0.25, -0.2) is 4.99 Å². The van der Waals surface area contributed by atoms with E-state index in [2.05, 4.69) is 25.7 Å². The van der Waals surface area contributed by atoms with E-state index in [9.17, 15) is 4.79 Å². The number of aromatic amines is 1. The lowest BCUT2D eigenvalue weighted by atomic mass is 10.1. The van der Waals surface area contributed by atoms with Crippen molar-refractivity contribution in [1.29, 1.82) is 5.41 Å². The Bertz CT molecular complexity index is 1270. The molecule has 0 unspecified atom stereocenters. The van der Waals surface area contributed by atoms with E-state index in [1.807, 2.05) is 49.3 Å². The molecule has 0 bridgehead atoms. The summed E-state index contributed by atoms with van der Waals surface area (Å²) in [7, 11) is 3.92. The van der Waals surface area contributed by atoms with E-state index in [1.54, 1.807) is 6.07 Å². The molecule has 0 radical (unpaired) electrons. The number of aromatic nitrogens is 3. The van der Waals surface area contributed by atoms with Crippen LogP contribution in [0.1, 0.15) is 22.4 Å². The topological polar surface area (TPSA) is 145 Å². The van der Waals surface area contributed by atoms with Gasteiger partial charge < -0.3 is 20.7 Å². The van der Waals surface area contributed by atoms with Crippen LogP contribution >= 0.6 is 11.6 Å². The molecule has 2 aromatic carbocycles. The van der Waals surface area contributed by atoms with Crippen molar-refractivity contribution in [2.24, 2.45) is 10.7 Å². The molecule has 1 aliphatic heterocycles. The molecule has 1 amide bonds. The molecule has 4 rings (SSSR count). The Kier molecular flexibility index (Phi) is 6.90. The van der Waals surface area contributed by atoms with Gasteiger partial charge in [-0.3, -0.25) is 10.2 Å². The summed E-state index contributed by atoms with van der Waals surface area (Å²) in [6.07, 6.45) is 0.849. The summed E-state index contributed by atoms with van der Waals surface area (Å²) in [5.41, 5.74) is 10.1. The monoisotopic (exact) mass is 480 g/mol. The second-order valence-electron chi connectivity index (χ2n) is 8.13. The highest BCUT2D eigenvalue weighted by Gasteiger charge is 2.18. The van der Waals surface area contributed by atoms with Crippen LogP contribution in [0.15, 0.2) is 41.4 Å². The number of aliphatic imine (C=N–C) groups is 1. The maximum absolute atomic E-state index is 12.4. The molecule has 2 heterocycles. The fourth-order valence-electron chi connectivity index (χ4n) is 3.61. The van der Waals surface area contributed by atoms with Crippen LogP contribution in [0.3, 0.4) is 0 Å². The lowest BCUT2D eigenvalue weighted by Gasteiger charge is -2.12. The number of nitrogens with one attached hydrogen (secondary N) is 3. The predicted octanol–water partition coefficient (Wildman–Crippen LogP) is 2.12. The van der Waals surface area contributed by atoms with Gasteiger partial charge in [-0.15, -0.1) is 0 Å². The lowest BCUT2D eigenvalue weighted by Crippen LogP contribution is -2.36.